The highest BCUT2D eigenvalue weighted by Crippen LogP contribution is 2.30. The number of nitrogens with two attached hydrogens (primary N) is 1. The Morgan fingerprint density at radius 2 is 1.60 bits per heavy atom. The molecule has 3 amide bonds. The summed E-state index contributed by atoms with van der Waals surface area (Å²) in [6.45, 7) is 4.32. The molecule has 0 spiro atoms. The van der Waals surface area contributed by atoms with E-state index in [2.05, 4.69) is 10.6 Å². The molecule has 3 aromatic rings. The summed E-state index contributed by atoms with van der Waals surface area (Å²) in [7, 11) is 0. The number of hydrogen-bond donors (Lipinski definition) is 3. The van der Waals surface area contributed by atoms with Gasteiger partial charge in [-0.1, -0.05) is 30.3 Å². The summed E-state index contributed by atoms with van der Waals surface area (Å²) in [4.78, 5) is 45.8. The first-order valence-electron chi connectivity index (χ1n) is 13.6. The second-order valence-corrected chi connectivity index (χ2v) is 10.0. The molecular weight excluding hydrogens is 508 g/mol. The summed E-state index contributed by atoms with van der Waals surface area (Å²) >= 11 is 0. The van der Waals surface area contributed by atoms with E-state index < -0.39 is 5.91 Å². The van der Waals surface area contributed by atoms with E-state index in [0.29, 0.717) is 43.2 Å². The maximum absolute atomic E-state index is 12.8. The predicted molar refractivity (Wildman–Crippen MR) is 151 cm³/mol. The third-order valence-electron chi connectivity index (χ3n) is 7.36. The molecule has 2 saturated heterocycles. The summed E-state index contributed by atoms with van der Waals surface area (Å²) in [6, 6.07) is 20.3. The number of carbonyl (C=O) groups excluding carboxylic acids is 3. The largest absolute Gasteiger partial charge is 0.445 e. The molecule has 208 valence electrons. The number of nitrogens with one attached hydrogen (secondary N) is 2. The summed E-state index contributed by atoms with van der Waals surface area (Å²) in [5, 5.41) is 6.45. The molecule has 2 fully saturated rings. The molecule has 40 heavy (non-hydrogen) atoms. The van der Waals surface area contributed by atoms with Gasteiger partial charge in [0.05, 0.1) is 5.56 Å². The summed E-state index contributed by atoms with van der Waals surface area (Å²) in [5.41, 5.74) is 9.00. The Bertz CT molecular complexity index is 1330. The number of pyridine rings is 1. The molecule has 0 radical (unpaired) electrons. The zero-order chi connectivity index (χ0) is 27.9. The lowest BCUT2D eigenvalue weighted by Gasteiger charge is -2.31. The van der Waals surface area contributed by atoms with Crippen molar-refractivity contribution in [2.45, 2.75) is 25.4 Å². The van der Waals surface area contributed by atoms with E-state index in [0.717, 1.165) is 37.2 Å². The molecular formula is C30H34N6O4. The molecule has 10 heteroatoms. The first kappa shape index (κ1) is 27.1. The van der Waals surface area contributed by atoms with E-state index in [-0.39, 0.29) is 30.1 Å². The predicted octanol–water partition coefficient (Wildman–Crippen LogP) is 3.49. The van der Waals surface area contributed by atoms with Gasteiger partial charge in [-0.15, -0.1) is 0 Å². The van der Waals surface area contributed by atoms with Gasteiger partial charge in [0, 0.05) is 62.1 Å². The maximum atomic E-state index is 12.8. The number of anilines is 2. The average molecular weight is 543 g/mol. The van der Waals surface area contributed by atoms with Gasteiger partial charge in [-0.05, 0) is 54.8 Å². The van der Waals surface area contributed by atoms with Gasteiger partial charge < -0.3 is 30.9 Å². The third kappa shape index (κ3) is 6.58. The molecule has 0 unspecified atom stereocenters. The fourth-order valence-electron chi connectivity index (χ4n) is 5.05. The molecule has 0 aliphatic carbocycles. The minimum absolute atomic E-state index is 0.00119. The molecule has 10 nitrogen and oxygen atoms in total. The first-order valence-corrected chi connectivity index (χ1v) is 13.6. The highest BCUT2D eigenvalue weighted by atomic mass is 16.6. The lowest BCUT2D eigenvalue weighted by atomic mass is 9.93. The van der Waals surface area contributed by atoms with E-state index in [1.54, 1.807) is 35.2 Å². The summed E-state index contributed by atoms with van der Waals surface area (Å²) in [5.74, 6) is -0.0834. The Balaban J connectivity index is 1.21. The fourth-order valence-corrected chi connectivity index (χ4v) is 5.05. The highest BCUT2D eigenvalue weighted by Gasteiger charge is 2.26. The van der Waals surface area contributed by atoms with Gasteiger partial charge in [0.25, 0.3) is 11.8 Å². The summed E-state index contributed by atoms with van der Waals surface area (Å²) < 4.78 is 5.48. The quantitative estimate of drug-likeness (QED) is 0.417. The Kier molecular flexibility index (Phi) is 8.56. The molecule has 1 aromatic heterocycles. The number of piperazine rings is 1. The van der Waals surface area contributed by atoms with Crippen LogP contribution in [-0.2, 0) is 11.3 Å². The van der Waals surface area contributed by atoms with Crippen LogP contribution < -0.4 is 16.4 Å². The van der Waals surface area contributed by atoms with E-state index in [4.69, 9.17) is 15.5 Å². The van der Waals surface area contributed by atoms with Crippen molar-refractivity contribution in [3.8, 4) is 0 Å². The van der Waals surface area contributed by atoms with Crippen LogP contribution in [0.1, 0.15) is 50.7 Å². The lowest BCUT2D eigenvalue weighted by molar-refractivity contribution is 0.0735. The van der Waals surface area contributed by atoms with Crippen molar-refractivity contribution in [3.05, 3.63) is 89.1 Å². The van der Waals surface area contributed by atoms with Crippen LogP contribution in [0.5, 0.6) is 0 Å². The maximum Gasteiger partial charge on any atom is 0.410 e. The van der Waals surface area contributed by atoms with Gasteiger partial charge in [-0.3, -0.25) is 9.59 Å². The third-order valence-corrected chi connectivity index (χ3v) is 7.36. The van der Waals surface area contributed by atoms with Gasteiger partial charge in [0.1, 0.15) is 12.4 Å². The SMILES string of the molecule is NC(=O)c1ccc(C2CCN(C(=O)OCc3ccccc3)CC2)nc1Nc1ccc(C(=O)N2CCNCC2)cc1. The van der Waals surface area contributed by atoms with Gasteiger partial charge >= 0.3 is 6.09 Å². The van der Waals surface area contributed by atoms with Crippen molar-refractivity contribution in [1.82, 2.24) is 20.1 Å². The number of carbonyl (C=O) groups is 3. The molecule has 3 heterocycles. The zero-order valence-corrected chi connectivity index (χ0v) is 22.3. The van der Waals surface area contributed by atoms with Gasteiger partial charge in [0.15, 0.2) is 0 Å². The molecule has 2 aliphatic heterocycles. The van der Waals surface area contributed by atoms with Gasteiger partial charge in [-0.2, -0.15) is 0 Å². The smallest absolute Gasteiger partial charge is 0.410 e. The van der Waals surface area contributed by atoms with Gasteiger partial charge in [-0.25, -0.2) is 9.78 Å². The Labute approximate surface area is 233 Å². The van der Waals surface area contributed by atoms with Crippen LogP contribution >= 0.6 is 0 Å². The number of amides is 3. The highest BCUT2D eigenvalue weighted by molar-refractivity contribution is 5.98. The zero-order valence-electron chi connectivity index (χ0n) is 22.3. The van der Waals surface area contributed by atoms with Crippen molar-refractivity contribution in [1.29, 1.82) is 0 Å². The number of benzene rings is 2. The number of nitrogens with zero attached hydrogens (tertiary/aromatic N) is 3. The Hall–Kier alpha value is -4.44. The van der Waals surface area contributed by atoms with E-state index in [9.17, 15) is 14.4 Å². The van der Waals surface area contributed by atoms with Crippen LogP contribution in [0.15, 0.2) is 66.7 Å². The molecule has 0 bridgehead atoms. The molecule has 2 aromatic carbocycles. The molecule has 4 N–H and O–H groups in total. The molecule has 2 aliphatic rings. The number of rotatable bonds is 7. The monoisotopic (exact) mass is 542 g/mol. The first-order chi connectivity index (χ1) is 19.5. The van der Waals surface area contributed by atoms with E-state index >= 15 is 0 Å². The van der Waals surface area contributed by atoms with Crippen LogP contribution in [-0.4, -0.2) is 72.0 Å². The second-order valence-electron chi connectivity index (χ2n) is 10.0. The van der Waals surface area contributed by atoms with Gasteiger partial charge in [0.2, 0.25) is 0 Å². The molecule has 0 atom stereocenters. The minimum Gasteiger partial charge on any atom is -0.445 e. The number of aromatic nitrogens is 1. The molecule has 0 saturated carbocycles. The van der Waals surface area contributed by atoms with E-state index in [1.165, 1.54) is 0 Å². The van der Waals surface area contributed by atoms with Crippen molar-refractivity contribution < 1.29 is 19.1 Å². The van der Waals surface area contributed by atoms with Crippen LogP contribution in [0.2, 0.25) is 0 Å². The Morgan fingerprint density at radius 1 is 0.900 bits per heavy atom. The standard InChI is InChI=1S/C30H34N6O4/c31-27(37)25-10-11-26(22-12-16-36(17-13-22)30(39)40-20-21-4-2-1-3-5-21)34-28(25)33-24-8-6-23(7-9-24)29(38)35-18-14-32-15-19-35/h1-11,22,32H,12-20H2,(H2,31,37)(H,33,34). The van der Waals surface area contributed by atoms with Crippen LogP contribution in [0.3, 0.4) is 0 Å². The molecule has 5 rings (SSSR count). The second kappa shape index (κ2) is 12.6. The number of piperidine rings is 1. The normalized spacial score (nSPS) is 15.9. The van der Waals surface area contributed by atoms with Crippen LogP contribution in [0, 0.1) is 0 Å². The number of primary amides is 1. The fraction of sp³-hybridized carbons (Fsp3) is 0.333. The minimum atomic E-state index is -0.581. The number of likely N-dealkylation sites (tertiary alicyclic amines) is 1. The topological polar surface area (TPSA) is 130 Å². The average Bonchev–Trinajstić information content (AvgIpc) is 3.01. The van der Waals surface area contributed by atoms with Crippen LogP contribution in [0.25, 0.3) is 0 Å². The van der Waals surface area contributed by atoms with Crippen molar-refractivity contribution >= 4 is 29.4 Å². The summed E-state index contributed by atoms with van der Waals surface area (Å²) in [6.07, 6.45) is 1.14. The van der Waals surface area contributed by atoms with Crippen LogP contribution in [0.4, 0.5) is 16.3 Å². The van der Waals surface area contributed by atoms with Crippen molar-refractivity contribution in [2.24, 2.45) is 5.73 Å². The van der Waals surface area contributed by atoms with Crippen molar-refractivity contribution in [3.63, 3.8) is 0 Å². The van der Waals surface area contributed by atoms with E-state index in [1.807, 2.05) is 41.3 Å². The Morgan fingerprint density at radius 3 is 2.27 bits per heavy atom. The number of hydrogen-bond acceptors (Lipinski definition) is 7. The number of ether oxygens (including phenoxy) is 1. The lowest BCUT2D eigenvalue weighted by Crippen LogP contribution is -2.46. The van der Waals surface area contributed by atoms with Crippen molar-refractivity contribution in [2.75, 3.05) is 44.6 Å².